The number of benzene rings is 3. The van der Waals surface area contributed by atoms with Gasteiger partial charge in [0, 0.05) is 6.42 Å². The van der Waals surface area contributed by atoms with Crippen LogP contribution in [0.3, 0.4) is 0 Å². The quantitative estimate of drug-likeness (QED) is 0.0343. The molecule has 0 N–H and O–H groups in total. The van der Waals surface area contributed by atoms with Gasteiger partial charge in [-0.1, -0.05) is 130 Å². The second-order valence-corrected chi connectivity index (χ2v) is 12.7. The molecule has 0 aliphatic rings. The van der Waals surface area contributed by atoms with Gasteiger partial charge >= 0.3 is 5.97 Å². The molecular formula is C44H64O10. The molecule has 0 fully saturated rings. The number of hydrogen-bond donors (Lipinski definition) is 0. The summed E-state index contributed by atoms with van der Waals surface area (Å²) >= 11 is 0. The first-order valence-electron chi connectivity index (χ1n) is 19.8. The third kappa shape index (κ3) is 19.4. The Morgan fingerprint density at radius 3 is 1.09 bits per heavy atom. The van der Waals surface area contributed by atoms with Crippen LogP contribution in [0.25, 0.3) is 0 Å². The van der Waals surface area contributed by atoms with Gasteiger partial charge < -0.3 is 42.6 Å². The molecule has 0 bridgehead atoms. The average molecular weight is 753 g/mol. The van der Waals surface area contributed by atoms with Crippen molar-refractivity contribution in [2.75, 3.05) is 106 Å². The molecule has 300 valence electrons. The third-order valence-corrected chi connectivity index (χ3v) is 8.54. The van der Waals surface area contributed by atoms with Gasteiger partial charge in [0.25, 0.3) is 0 Å². The van der Waals surface area contributed by atoms with Crippen LogP contribution in [0.4, 0.5) is 0 Å². The van der Waals surface area contributed by atoms with Crippen molar-refractivity contribution < 1.29 is 47.4 Å². The van der Waals surface area contributed by atoms with Crippen molar-refractivity contribution >= 4 is 5.97 Å². The van der Waals surface area contributed by atoms with Crippen LogP contribution < -0.4 is 0 Å². The van der Waals surface area contributed by atoms with Crippen LogP contribution in [0, 0.1) is 0 Å². The van der Waals surface area contributed by atoms with Gasteiger partial charge in [-0.05, 0) is 23.1 Å². The summed E-state index contributed by atoms with van der Waals surface area (Å²) in [6.45, 7) is 9.49. The van der Waals surface area contributed by atoms with Crippen molar-refractivity contribution in [1.82, 2.24) is 0 Å². The van der Waals surface area contributed by atoms with Gasteiger partial charge in [0.1, 0.15) is 12.2 Å². The Balaban J connectivity index is 1.08. The van der Waals surface area contributed by atoms with E-state index in [2.05, 4.69) is 43.3 Å². The summed E-state index contributed by atoms with van der Waals surface area (Å²) < 4.78 is 51.0. The highest BCUT2D eigenvalue weighted by molar-refractivity contribution is 5.69. The molecule has 0 radical (unpaired) electrons. The van der Waals surface area contributed by atoms with Crippen molar-refractivity contribution in [3.05, 3.63) is 108 Å². The Labute approximate surface area is 323 Å². The summed E-state index contributed by atoms with van der Waals surface area (Å²) in [4.78, 5) is 11.7. The van der Waals surface area contributed by atoms with Crippen molar-refractivity contribution in [3.63, 3.8) is 0 Å². The highest BCUT2D eigenvalue weighted by Gasteiger charge is 2.37. The fourth-order valence-corrected chi connectivity index (χ4v) is 5.78. The van der Waals surface area contributed by atoms with Crippen LogP contribution in [0.15, 0.2) is 91.0 Å². The molecule has 3 aromatic carbocycles. The topological polar surface area (TPSA) is 100 Å². The van der Waals surface area contributed by atoms with E-state index in [1.165, 1.54) is 25.7 Å². The number of carbonyl (C=O) groups excluding carboxylic acids is 1. The van der Waals surface area contributed by atoms with E-state index in [-0.39, 0.29) is 12.6 Å². The first-order chi connectivity index (χ1) is 26.8. The van der Waals surface area contributed by atoms with E-state index in [1.54, 1.807) is 0 Å². The molecule has 10 nitrogen and oxygen atoms in total. The van der Waals surface area contributed by atoms with Gasteiger partial charge in [0.2, 0.25) is 0 Å². The molecule has 0 aromatic heterocycles. The van der Waals surface area contributed by atoms with Crippen LogP contribution in [0.2, 0.25) is 0 Å². The first kappa shape index (κ1) is 45.2. The van der Waals surface area contributed by atoms with Crippen molar-refractivity contribution in [2.45, 2.75) is 57.5 Å². The van der Waals surface area contributed by atoms with Gasteiger partial charge in [0.15, 0.2) is 0 Å². The number of rotatable bonds is 35. The standard InChI is InChI=1S/C44H64O10/c1-2-3-4-5-6-16-23-43(45)53-38-36-51-34-32-49-30-28-47-26-24-46-25-27-48-29-31-50-33-35-52-37-39-54-44(40-17-10-7-11-18-40,41-19-12-8-13-20-41)42-21-14-9-15-22-42/h7-15,17-22H,2-6,16,23-39H2,1H3. The molecule has 54 heavy (non-hydrogen) atoms. The lowest BCUT2D eigenvalue weighted by atomic mass is 9.80. The summed E-state index contributed by atoms with van der Waals surface area (Å²) in [6.07, 6.45) is 7.41. The number of carbonyl (C=O) groups is 1. The molecule has 0 amide bonds. The van der Waals surface area contributed by atoms with E-state index in [1.807, 2.05) is 54.6 Å². The second-order valence-electron chi connectivity index (χ2n) is 12.7. The second kappa shape index (κ2) is 31.1. The lowest BCUT2D eigenvalue weighted by Gasteiger charge is -2.36. The minimum absolute atomic E-state index is 0.143. The normalized spacial score (nSPS) is 11.6. The van der Waals surface area contributed by atoms with Crippen molar-refractivity contribution in [1.29, 1.82) is 0 Å². The maximum atomic E-state index is 11.7. The molecule has 0 aliphatic carbocycles. The smallest absolute Gasteiger partial charge is 0.305 e. The summed E-state index contributed by atoms with van der Waals surface area (Å²) in [7, 11) is 0. The van der Waals surface area contributed by atoms with Gasteiger partial charge in [-0.3, -0.25) is 4.79 Å². The van der Waals surface area contributed by atoms with Crippen LogP contribution in [0.1, 0.15) is 68.6 Å². The predicted molar refractivity (Wildman–Crippen MR) is 210 cm³/mol. The summed E-state index contributed by atoms with van der Waals surface area (Å²) in [5.41, 5.74) is 2.45. The predicted octanol–water partition coefficient (Wildman–Crippen LogP) is 7.41. The zero-order valence-electron chi connectivity index (χ0n) is 32.5. The zero-order chi connectivity index (χ0) is 38.0. The van der Waals surface area contributed by atoms with Gasteiger partial charge in [-0.25, -0.2) is 0 Å². The summed E-state index contributed by atoms with van der Waals surface area (Å²) in [6, 6.07) is 31.0. The Hall–Kier alpha value is -3.19. The highest BCUT2D eigenvalue weighted by Crippen LogP contribution is 2.40. The third-order valence-electron chi connectivity index (χ3n) is 8.54. The van der Waals surface area contributed by atoms with Crippen LogP contribution in [-0.4, -0.2) is 112 Å². The minimum Gasteiger partial charge on any atom is -0.463 e. The van der Waals surface area contributed by atoms with E-state index >= 15 is 0 Å². The molecule has 0 saturated heterocycles. The monoisotopic (exact) mass is 752 g/mol. The molecule has 10 heteroatoms. The van der Waals surface area contributed by atoms with Crippen molar-refractivity contribution in [2.24, 2.45) is 0 Å². The van der Waals surface area contributed by atoms with Crippen LogP contribution in [-0.2, 0) is 53.0 Å². The van der Waals surface area contributed by atoms with E-state index in [0.29, 0.717) is 106 Å². The van der Waals surface area contributed by atoms with Gasteiger partial charge in [0.05, 0.1) is 99.1 Å². The zero-order valence-corrected chi connectivity index (χ0v) is 32.5. The van der Waals surface area contributed by atoms with E-state index < -0.39 is 5.60 Å². The van der Waals surface area contributed by atoms with Crippen LogP contribution >= 0.6 is 0 Å². The largest absolute Gasteiger partial charge is 0.463 e. The van der Waals surface area contributed by atoms with E-state index in [0.717, 1.165) is 29.5 Å². The lowest BCUT2D eigenvalue weighted by Crippen LogP contribution is -2.34. The van der Waals surface area contributed by atoms with E-state index in [4.69, 9.17) is 42.6 Å². The Bertz CT molecular complexity index is 1180. The molecule has 3 rings (SSSR count). The summed E-state index contributed by atoms with van der Waals surface area (Å²) in [5.74, 6) is -0.143. The molecule has 0 atom stereocenters. The fraction of sp³-hybridized carbons (Fsp3) is 0.568. The van der Waals surface area contributed by atoms with Crippen molar-refractivity contribution in [3.8, 4) is 0 Å². The van der Waals surface area contributed by atoms with Gasteiger partial charge in [-0.2, -0.15) is 0 Å². The first-order valence-corrected chi connectivity index (χ1v) is 19.8. The SMILES string of the molecule is CCCCCCCCC(=O)OCCOCCOCCOCCOCCOCCOCCOCCOC(c1ccccc1)(c1ccccc1)c1ccccc1. The molecule has 0 unspecified atom stereocenters. The maximum Gasteiger partial charge on any atom is 0.305 e. The fourth-order valence-electron chi connectivity index (χ4n) is 5.78. The highest BCUT2D eigenvalue weighted by atomic mass is 16.6. The molecular weight excluding hydrogens is 688 g/mol. The maximum absolute atomic E-state index is 11.7. The molecule has 3 aromatic rings. The molecule has 0 aliphatic heterocycles. The molecule has 0 saturated carbocycles. The Kier molecular flexibility index (Phi) is 26.0. The lowest BCUT2D eigenvalue weighted by molar-refractivity contribution is -0.145. The number of ether oxygens (including phenoxy) is 9. The average Bonchev–Trinajstić information content (AvgIpc) is 3.21. The van der Waals surface area contributed by atoms with Crippen LogP contribution in [0.5, 0.6) is 0 Å². The number of hydrogen-bond acceptors (Lipinski definition) is 10. The number of esters is 1. The molecule has 0 spiro atoms. The Morgan fingerprint density at radius 1 is 0.407 bits per heavy atom. The summed E-state index contributed by atoms with van der Waals surface area (Å²) in [5, 5.41) is 0. The minimum atomic E-state index is -0.753. The van der Waals surface area contributed by atoms with E-state index in [9.17, 15) is 4.79 Å². The van der Waals surface area contributed by atoms with Gasteiger partial charge in [-0.15, -0.1) is 0 Å². The Morgan fingerprint density at radius 2 is 0.722 bits per heavy atom. The molecule has 0 heterocycles. The number of unbranched alkanes of at least 4 members (excludes halogenated alkanes) is 5.